The zero-order chi connectivity index (χ0) is 16.2. The summed E-state index contributed by atoms with van der Waals surface area (Å²) in [5.41, 5.74) is 0. The fourth-order valence-electron chi connectivity index (χ4n) is 2.72. The van der Waals surface area contributed by atoms with Crippen LogP contribution < -0.4 is 5.32 Å². The third-order valence-electron chi connectivity index (χ3n) is 4.18. The first kappa shape index (κ1) is 17.4. The van der Waals surface area contributed by atoms with Gasteiger partial charge in [0.1, 0.15) is 4.21 Å². The molecule has 0 unspecified atom stereocenters. The van der Waals surface area contributed by atoms with Crippen LogP contribution in [0, 0.1) is 5.92 Å². The third-order valence-corrected chi connectivity index (χ3v) is 7.41. The number of nitrogens with one attached hydrogen (secondary N) is 1. The third kappa shape index (κ3) is 3.88. The molecule has 0 aromatic carbocycles. The first-order chi connectivity index (χ1) is 10.5. The molecule has 2 rings (SSSR count). The average molecular weight is 345 g/mol. The second-order valence-corrected chi connectivity index (χ2v) is 8.77. The highest BCUT2D eigenvalue weighted by molar-refractivity contribution is 7.91. The van der Waals surface area contributed by atoms with Crippen LogP contribution in [0.1, 0.15) is 39.5 Å². The van der Waals surface area contributed by atoms with E-state index in [1.54, 1.807) is 17.5 Å². The molecule has 1 aromatic heterocycles. The van der Waals surface area contributed by atoms with Crippen LogP contribution in [0.25, 0.3) is 0 Å². The minimum absolute atomic E-state index is 0.0141. The standard InChI is InChI=1S/C15H24N2O3S2/c1-3-13(4-2)16-15(18)12-7-5-9-17(11-12)22(19,20)14-8-6-10-21-14/h6,8,10,12-13H,3-5,7,9,11H2,1-2H3,(H,16,18)/t12-/m0/s1. The highest BCUT2D eigenvalue weighted by atomic mass is 32.2. The van der Waals surface area contributed by atoms with E-state index in [0.29, 0.717) is 10.8 Å². The van der Waals surface area contributed by atoms with Crippen LogP contribution in [-0.4, -0.2) is 37.8 Å². The maximum absolute atomic E-state index is 12.6. The van der Waals surface area contributed by atoms with Gasteiger partial charge in [-0.15, -0.1) is 11.3 Å². The molecule has 1 aromatic rings. The van der Waals surface area contributed by atoms with Gasteiger partial charge in [-0.1, -0.05) is 19.9 Å². The fourth-order valence-corrected chi connectivity index (χ4v) is 5.39. The van der Waals surface area contributed by atoms with Gasteiger partial charge in [0, 0.05) is 19.1 Å². The first-order valence-corrected chi connectivity index (χ1v) is 10.1. The Morgan fingerprint density at radius 3 is 2.77 bits per heavy atom. The summed E-state index contributed by atoms with van der Waals surface area (Å²) in [5, 5.41) is 4.79. The first-order valence-electron chi connectivity index (χ1n) is 7.83. The van der Waals surface area contributed by atoms with Crippen molar-refractivity contribution in [2.24, 2.45) is 5.92 Å². The molecule has 2 heterocycles. The second-order valence-electron chi connectivity index (χ2n) is 5.66. The Hall–Kier alpha value is -0.920. The predicted octanol–water partition coefficient (Wildman–Crippen LogP) is 2.45. The Kier molecular flexibility index (Phi) is 6.00. The van der Waals surface area contributed by atoms with Crippen LogP contribution in [0.15, 0.2) is 21.7 Å². The molecule has 0 radical (unpaired) electrons. The zero-order valence-electron chi connectivity index (χ0n) is 13.1. The Balaban J connectivity index is 2.04. The molecule has 1 fully saturated rings. The van der Waals surface area contributed by atoms with E-state index in [4.69, 9.17) is 0 Å². The fraction of sp³-hybridized carbons (Fsp3) is 0.667. The quantitative estimate of drug-likeness (QED) is 0.862. The number of hydrogen-bond donors (Lipinski definition) is 1. The SMILES string of the molecule is CCC(CC)NC(=O)[C@H]1CCCN(S(=O)(=O)c2cccs2)C1. The molecule has 0 aliphatic carbocycles. The number of carbonyl (C=O) groups is 1. The lowest BCUT2D eigenvalue weighted by atomic mass is 9.98. The van der Waals surface area contributed by atoms with E-state index >= 15 is 0 Å². The summed E-state index contributed by atoms with van der Waals surface area (Å²) in [6, 6.07) is 3.53. The van der Waals surface area contributed by atoms with E-state index in [1.807, 2.05) is 13.8 Å². The maximum atomic E-state index is 12.6. The van der Waals surface area contributed by atoms with Gasteiger partial charge in [0.05, 0.1) is 5.92 Å². The Bertz CT molecular complexity index is 580. The smallest absolute Gasteiger partial charge is 0.252 e. The largest absolute Gasteiger partial charge is 0.353 e. The number of rotatable bonds is 6. The lowest BCUT2D eigenvalue weighted by Crippen LogP contribution is -2.47. The van der Waals surface area contributed by atoms with Gasteiger partial charge in [-0.25, -0.2) is 8.42 Å². The lowest BCUT2D eigenvalue weighted by Gasteiger charge is -2.31. The topological polar surface area (TPSA) is 66.5 Å². The van der Waals surface area contributed by atoms with Crippen LogP contribution in [0.4, 0.5) is 0 Å². The summed E-state index contributed by atoms with van der Waals surface area (Å²) < 4.78 is 26.9. The minimum Gasteiger partial charge on any atom is -0.353 e. The van der Waals surface area contributed by atoms with Crippen LogP contribution >= 0.6 is 11.3 Å². The van der Waals surface area contributed by atoms with Crippen molar-refractivity contribution in [2.75, 3.05) is 13.1 Å². The summed E-state index contributed by atoms with van der Waals surface area (Å²) in [4.78, 5) is 12.4. The summed E-state index contributed by atoms with van der Waals surface area (Å²) >= 11 is 1.22. The van der Waals surface area contributed by atoms with Gasteiger partial charge in [0.2, 0.25) is 5.91 Å². The number of nitrogens with zero attached hydrogens (tertiary/aromatic N) is 1. The van der Waals surface area contributed by atoms with Crippen molar-refractivity contribution < 1.29 is 13.2 Å². The second kappa shape index (κ2) is 7.57. The van der Waals surface area contributed by atoms with Crippen LogP contribution in [0.5, 0.6) is 0 Å². The molecule has 0 spiro atoms. The maximum Gasteiger partial charge on any atom is 0.252 e. The van der Waals surface area contributed by atoms with Crippen molar-refractivity contribution in [3.8, 4) is 0 Å². The predicted molar refractivity (Wildman–Crippen MR) is 88.3 cm³/mol. The highest BCUT2D eigenvalue weighted by Gasteiger charge is 2.34. The normalized spacial score (nSPS) is 20.2. The molecular formula is C15H24N2O3S2. The molecule has 5 nitrogen and oxygen atoms in total. The Labute approximate surface area is 136 Å². The van der Waals surface area contributed by atoms with Crippen LogP contribution in [0.3, 0.4) is 0 Å². The van der Waals surface area contributed by atoms with Crippen LogP contribution in [-0.2, 0) is 14.8 Å². The molecule has 1 saturated heterocycles. The molecular weight excluding hydrogens is 320 g/mol. The van der Waals surface area contributed by atoms with Gasteiger partial charge in [-0.3, -0.25) is 4.79 Å². The zero-order valence-corrected chi connectivity index (χ0v) is 14.8. The lowest BCUT2D eigenvalue weighted by molar-refractivity contribution is -0.126. The van der Waals surface area contributed by atoms with Crippen molar-refractivity contribution in [3.05, 3.63) is 17.5 Å². The van der Waals surface area contributed by atoms with Crippen molar-refractivity contribution in [3.63, 3.8) is 0 Å². The molecule has 0 bridgehead atoms. The van der Waals surface area contributed by atoms with Gasteiger partial charge >= 0.3 is 0 Å². The van der Waals surface area contributed by atoms with E-state index < -0.39 is 10.0 Å². The molecule has 1 N–H and O–H groups in total. The Morgan fingerprint density at radius 1 is 1.45 bits per heavy atom. The summed E-state index contributed by atoms with van der Waals surface area (Å²) in [7, 11) is -3.45. The molecule has 1 aliphatic rings. The van der Waals surface area contributed by atoms with Crippen molar-refractivity contribution in [1.82, 2.24) is 9.62 Å². The summed E-state index contributed by atoms with van der Waals surface area (Å²) in [6.45, 7) is 4.87. The van der Waals surface area contributed by atoms with E-state index in [9.17, 15) is 13.2 Å². The van der Waals surface area contributed by atoms with E-state index in [2.05, 4.69) is 5.32 Å². The summed E-state index contributed by atoms with van der Waals surface area (Å²) in [6.07, 6.45) is 3.27. The van der Waals surface area contributed by atoms with Crippen molar-refractivity contribution in [1.29, 1.82) is 0 Å². The van der Waals surface area contributed by atoms with Crippen molar-refractivity contribution >= 4 is 27.3 Å². The van der Waals surface area contributed by atoms with Gasteiger partial charge in [0.25, 0.3) is 10.0 Å². The monoisotopic (exact) mass is 344 g/mol. The number of hydrogen-bond acceptors (Lipinski definition) is 4. The Morgan fingerprint density at radius 2 is 2.18 bits per heavy atom. The molecule has 0 saturated carbocycles. The molecule has 22 heavy (non-hydrogen) atoms. The molecule has 1 amide bonds. The average Bonchev–Trinajstić information content (AvgIpc) is 3.07. The summed E-state index contributed by atoms with van der Waals surface area (Å²) in [5.74, 6) is -0.260. The van der Waals surface area contributed by atoms with Gasteiger partial charge in [-0.05, 0) is 37.1 Å². The molecule has 7 heteroatoms. The number of amides is 1. The molecule has 1 aliphatic heterocycles. The van der Waals surface area contributed by atoms with Crippen molar-refractivity contribution in [2.45, 2.75) is 49.8 Å². The molecule has 124 valence electrons. The van der Waals surface area contributed by atoms with Gasteiger partial charge in [-0.2, -0.15) is 4.31 Å². The van der Waals surface area contributed by atoms with E-state index in [1.165, 1.54) is 15.6 Å². The van der Waals surface area contributed by atoms with Gasteiger partial charge < -0.3 is 5.32 Å². The minimum atomic E-state index is -3.45. The number of thiophene rings is 1. The van der Waals surface area contributed by atoms with Gasteiger partial charge in [0.15, 0.2) is 0 Å². The number of piperidine rings is 1. The molecule has 1 atom stereocenters. The number of sulfonamides is 1. The van der Waals surface area contributed by atoms with E-state index in [-0.39, 0.29) is 24.4 Å². The number of carbonyl (C=O) groups excluding carboxylic acids is 1. The van der Waals surface area contributed by atoms with Crippen LogP contribution in [0.2, 0.25) is 0 Å². The van der Waals surface area contributed by atoms with E-state index in [0.717, 1.165) is 25.7 Å². The highest BCUT2D eigenvalue weighted by Crippen LogP contribution is 2.26.